The number of carboxylic acids is 1. The fourth-order valence-corrected chi connectivity index (χ4v) is 1.08. The van der Waals surface area contributed by atoms with E-state index >= 15 is 0 Å². The molecule has 1 rings (SSSR count). The number of hydrogen-bond acceptors (Lipinski definition) is 4. The molecule has 0 aromatic heterocycles. The maximum atomic E-state index is 10.9. The molecule has 0 unspecified atom stereocenters. The number of carbonyl (C=O) groups excluding carboxylic acids is 1. The van der Waals surface area contributed by atoms with Gasteiger partial charge in [0.1, 0.15) is 12.2 Å². The van der Waals surface area contributed by atoms with Crippen molar-refractivity contribution < 1.29 is 70.8 Å². The molecule has 0 spiro atoms. The van der Waals surface area contributed by atoms with Crippen molar-refractivity contribution >= 4 is 18.1 Å². The summed E-state index contributed by atoms with van der Waals surface area (Å²) in [6.07, 6.45) is 0.803. The molecule has 0 saturated carbocycles. The molecular formula is C11H12KN2O4+. The Labute approximate surface area is 147 Å². The van der Waals surface area contributed by atoms with Gasteiger partial charge in [-0.25, -0.2) is 5.43 Å². The minimum Gasteiger partial charge on any atom is -0.497 e. The van der Waals surface area contributed by atoms with E-state index in [9.17, 15) is 9.59 Å². The summed E-state index contributed by atoms with van der Waals surface area (Å²) in [6, 6.07) is 7.06. The average molecular weight is 275 g/mol. The van der Waals surface area contributed by atoms with Gasteiger partial charge in [0.05, 0.1) is 13.3 Å². The Kier molecular flexibility index (Phi) is 8.85. The second-order valence-electron chi connectivity index (χ2n) is 3.14. The van der Waals surface area contributed by atoms with Crippen molar-refractivity contribution in [3.63, 3.8) is 0 Å². The third kappa shape index (κ3) is 6.87. The van der Waals surface area contributed by atoms with Crippen LogP contribution in [0.4, 0.5) is 0 Å². The summed E-state index contributed by atoms with van der Waals surface area (Å²) in [7, 11) is 1.55. The van der Waals surface area contributed by atoms with E-state index in [0.717, 1.165) is 5.56 Å². The van der Waals surface area contributed by atoms with Crippen LogP contribution in [0.2, 0.25) is 0 Å². The van der Waals surface area contributed by atoms with Crippen LogP contribution in [0.3, 0.4) is 0 Å². The summed E-state index contributed by atoms with van der Waals surface area (Å²) >= 11 is 0. The minimum atomic E-state index is -1.20. The maximum absolute atomic E-state index is 10.9. The number of hydrazone groups is 1. The Morgan fingerprint density at radius 1 is 1.50 bits per heavy atom. The number of carboxylic acid groups (broad SMARTS) is 1. The molecular weight excluding hydrogens is 263 g/mol. The molecule has 90 valence electrons. The zero-order chi connectivity index (χ0) is 12.7. The molecule has 6 nitrogen and oxygen atoms in total. The number of amides is 1. The molecule has 0 radical (unpaired) electrons. The molecule has 18 heavy (non-hydrogen) atoms. The van der Waals surface area contributed by atoms with E-state index in [2.05, 4.69) is 10.5 Å². The molecule has 0 heterocycles. The van der Waals surface area contributed by atoms with E-state index in [-0.39, 0.29) is 51.4 Å². The van der Waals surface area contributed by atoms with Gasteiger partial charge in [-0.05, 0) is 17.7 Å². The standard InChI is InChI=1S/C11H12N2O4.K/c1-17-9-4-2-3-8(5-9)7-12-13-10(14)6-11(15)16;/h2-5,7H,6H2,1H3,(H,13,14)(H,15,16);/q;+1/b12-7+;. The second kappa shape index (κ2) is 9.23. The fourth-order valence-electron chi connectivity index (χ4n) is 1.08. The number of nitrogens with zero attached hydrogens (tertiary/aromatic N) is 1. The van der Waals surface area contributed by atoms with E-state index in [1.165, 1.54) is 6.21 Å². The topological polar surface area (TPSA) is 88.0 Å². The van der Waals surface area contributed by atoms with Crippen LogP contribution in [-0.2, 0) is 9.59 Å². The van der Waals surface area contributed by atoms with Gasteiger partial charge in [0.15, 0.2) is 0 Å². The maximum Gasteiger partial charge on any atom is 1.00 e. The molecule has 1 aromatic rings. The van der Waals surface area contributed by atoms with Crippen LogP contribution in [0, 0.1) is 0 Å². The van der Waals surface area contributed by atoms with Crippen molar-refractivity contribution in [1.82, 2.24) is 5.43 Å². The smallest absolute Gasteiger partial charge is 0.497 e. The first-order valence-electron chi connectivity index (χ1n) is 4.79. The molecule has 0 aliphatic rings. The van der Waals surface area contributed by atoms with Crippen LogP contribution in [-0.4, -0.2) is 30.3 Å². The van der Waals surface area contributed by atoms with Gasteiger partial charge in [0.2, 0.25) is 0 Å². The van der Waals surface area contributed by atoms with E-state index in [4.69, 9.17) is 9.84 Å². The van der Waals surface area contributed by atoms with Crippen LogP contribution in [0.25, 0.3) is 0 Å². The van der Waals surface area contributed by atoms with Crippen LogP contribution in [0.15, 0.2) is 29.4 Å². The average Bonchev–Trinajstić information content (AvgIpc) is 2.28. The number of carbonyl (C=O) groups is 2. The Bertz CT molecular complexity index is 448. The largest absolute Gasteiger partial charge is 1.00 e. The predicted octanol–water partition coefficient (Wildman–Crippen LogP) is -2.38. The molecule has 0 fully saturated rings. The van der Waals surface area contributed by atoms with Gasteiger partial charge in [-0.3, -0.25) is 9.59 Å². The van der Waals surface area contributed by atoms with E-state index in [1.54, 1.807) is 31.4 Å². The van der Waals surface area contributed by atoms with E-state index in [1.807, 2.05) is 0 Å². The number of hydrogen-bond donors (Lipinski definition) is 2. The Hall–Kier alpha value is -0.734. The van der Waals surface area contributed by atoms with Crippen molar-refractivity contribution in [2.45, 2.75) is 6.42 Å². The molecule has 0 bridgehead atoms. The molecule has 0 aliphatic heterocycles. The molecule has 0 atom stereocenters. The number of ether oxygens (including phenoxy) is 1. The molecule has 7 heteroatoms. The first kappa shape index (κ1) is 17.3. The van der Waals surface area contributed by atoms with Crippen LogP contribution < -0.4 is 61.5 Å². The minimum absolute atomic E-state index is 0. The van der Waals surface area contributed by atoms with Crippen LogP contribution in [0.5, 0.6) is 5.75 Å². The third-order valence-corrected chi connectivity index (χ3v) is 1.81. The fraction of sp³-hybridized carbons (Fsp3) is 0.182. The monoisotopic (exact) mass is 275 g/mol. The summed E-state index contributed by atoms with van der Waals surface area (Å²) in [6.45, 7) is 0. The van der Waals surface area contributed by atoms with Gasteiger partial charge < -0.3 is 9.84 Å². The SMILES string of the molecule is COc1cccc(/C=N/NC(=O)CC(=O)O)c1.[K+]. The summed E-state index contributed by atoms with van der Waals surface area (Å²) in [4.78, 5) is 21.1. The van der Waals surface area contributed by atoms with Gasteiger partial charge >= 0.3 is 57.4 Å². The Morgan fingerprint density at radius 3 is 2.83 bits per heavy atom. The van der Waals surface area contributed by atoms with Crippen molar-refractivity contribution in [1.29, 1.82) is 0 Å². The molecule has 2 N–H and O–H groups in total. The summed E-state index contributed by atoms with van der Waals surface area (Å²) in [5.74, 6) is -1.19. The van der Waals surface area contributed by atoms with Gasteiger partial charge in [-0.2, -0.15) is 5.10 Å². The Morgan fingerprint density at radius 2 is 2.22 bits per heavy atom. The van der Waals surface area contributed by atoms with Gasteiger partial charge in [0, 0.05) is 0 Å². The summed E-state index contributed by atoms with van der Waals surface area (Å²) in [5, 5.41) is 12.0. The van der Waals surface area contributed by atoms with Crippen LogP contribution in [0.1, 0.15) is 12.0 Å². The normalized spacial score (nSPS) is 9.61. The van der Waals surface area contributed by atoms with Crippen LogP contribution >= 0.6 is 0 Å². The van der Waals surface area contributed by atoms with Gasteiger partial charge in [-0.1, -0.05) is 12.1 Å². The van der Waals surface area contributed by atoms with Crippen molar-refractivity contribution in [3.05, 3.63) is 29.8 Å². The number of nitrogens with one attached hydrogen (secondary N) is 1. The van der Waals surface area contributed by atoms with E-state index in [0.29, 0.717) is 5.75 Å². The zero-order valence-electron chi connectivity index (χ0n) is 10.2. The zero-order valence-corrected chi connectivity index (χ0v) is 13.3. The van der Waals surface area contributed by atoms with Crippen molar-refractivity contribution in [3.8, 4) is 5.75 Å². The number of methoxy groups -OCH3 is 1. The molecule has 0 saturated heterocycles. The second-order valence-corrected chi connectivity index (χ2v) is 3.14. The number of rotatable bonds is 5. The predicted molar refractivity (Wildman–Crippen MR) is 61.0 cm³/mol. The number of aliphatic carboxylic acids is 1. The third-order valence-electron chi connectivity index (χ3n) is 1.81. The van der Waals surface area contributed by atoms with Crippen molar-refractivity contribution in [2.75, 3.05) is 7.11 Å². The summed E-state index contributed by atoms with van der Waals surface area (Å²) in [5.41, 5.74) is 2.84. The first-order valence-corrected chi connectivity index (χ1v) is 4.79. The van der Waals surface area contributed by atoms with Crippen molar-refractivity contribution in [2.24, 2.45) is 5.10 Å². The first-order chi connectivity index (χ1) is 8.11. The number of benzene rings is 1. The van der Waals surface area contributed by atoms with Gasteiger partial charge in [-0.15, -0.1) is 0 Å². The van der Waals surface area contributed by atoms with E-state index < -0.39 is 18.3 Å². The molecule has 1 amide bonds. The molecule has 1 aromatic carbocycles. The quantitative estimate of drug-likeness (QED) is 0.272. The molecule has 0 aliphatic carbocycles. The summed E-state index contributed by atoms with van der Waals surface area (Å²) < 4.78 is 5.01. The van der Waals surface area contributed by atoms with Gasteiger partial charge in [0.25, 0.3) is 5.91 Å². The Balaban J connectivity index is 0.00000289.